The Labute approximate surface area is 118 Å². The minimum atomic E-state index is -0.755. The van der Waals surface area contributed by atoms with Gasteiger partial charge in [0.05, 0.1) is 12.2 Å². The van der Waals surface area contributed by atoms with Gasteiger partial charge in [0.25, 0.3) is 0 Å². The molecule has 3 rings (SSSR count). The van der Waals surface area contributed by atoms with Crippen molar-refractivity contribution in [3.05, 3.63) is 41.6 Å². The fourth-order valence-electron chi connectivity index (χ4n) is 3.12. The highest BCUT2D eigenvalue weighted by molar-refractivity contribution is 5.89. The van der Waals surface area contributed by atoms with Crippen LogP contribution < -0.4 is 0 Å². The van der Waals surface area contributed by atoms with E-state index in [2.05, 4.69) is 23.2 Å². The molecular formula is C17H21NO2. The van der Waals surface area contributed by atoms with Gasteiger partial charge in [-0.3, -0.25) is 0 Å². The maximum absolute atomic E-state index is 10.1. The van der Waals surface area contributed by atoms with Crippen molar-refractivity contribution in [1.29, 1.82) is 0 Å². The van der Waals surface area contributed by atoms with E-state index >= 15 is 0 Å². The lowest BCUT2D eigenvalue weighted by Crippen LogP contribution is -2.21. The van der Waals surface area contributed by atoms with E-state index in [1.807, 2.05) is 33.0 Å². The molecule has 0 fully saturated rings. The van der Waals surface area contributed by atoms with Crippen LogP contribution in [0.5, 0.6) is 0 Å². The second-order valence-corrected chi connectivity index (χ2v) is 6.70. The number of hydrogen-bond donors (Lipinski definition) is 3. The number of benzene rings is 1. The standard InChI is InChI=1S/C17H21NO2/c1-16(2,20)8-12-9-17(3,10-19)14-6-11-4-5-18-15(11)7-13(12)14/h4-7,9,18-20H,8,10H2,1-3H3. The van der Waals surface area contributed by atoms with Gasteiger partial charge in [0, 0.05) is 23.5 Å². The summed E-state index contributed by atoms with van der Waals surface area (Å²) in [6.45, 7) is 5.75. The van der Waals surface area contributed by atoms with Crippen LogP contribution >= 0.6 is 0 Å². The third-order valence-electron chi connectivity index (χ3n) is 4.10. The molecule has 0 radical (unpaired) electrons. The predicted octanol–water partition coefficient (Wildman–Crippen LogP) is 2.98. The Balaban J connectivity index is 2.18. The highest BCUT2D eigenvalue weighted by Gasteiger charge is 2.35. The third kappa shape index (κ3) is 2.07. The van der Waals surface area contributed by atoms with Crippen molar-refractivity contribution < 1.29 is 10.2 Å². The molecule has 1 unspecified atom stereocenters. The molecule has 1 aliphatic rings. The van der Waals surface area contributed by atoms with Crippen LogP contribution in [-0.4, -0.2) is 27.4 Å². The lowest BCUT2D eigenvalue weighted by Gasteiger charge is -2.21. The summed E-state index contributed by atoms with van der Waals surface area (Å²) in [6.07, 6.45) is 4.62. The van der Waals surface area contributed by atoms with Gasteiger partial charge in [-0.15, -0.1) is 0 Å². The lowest BCUT2D eigenvalue weighted by molar-refractivity contribution is 0.0863. The first-order chi connectivity index (χ1) is 9.32. The van der Waals surface area contributed by atoms with Gasteiger partial charge in [-0.2, -0.15) is 0 Å². The van der Waals surface area contributed by atoms with Crippen molar-refractivity contribution in [1.82, 2.24) is 4.98 Å². The number of fused-ring (bicyclic) bond motifs is 2. The quantitative estimate of drug-likeness (QED) is 0.804. The largest absolute Gasteiger partial charge is 0.395 e. The summed E-state index contributed by atoms with van der Waals surface area (Å²) in [4.78, 5) is 3.23. The van der Waals surface area contributed by atoms with Crippen molar-refractivity contribution in [2.45, 2.75) is 38.2 Å². The zero-order valence-electron chi connectivity index (χ0n) is 12.2. The van der Waals surface area contributed by atoms with Gasteiger partial charge in [-0.1, -0.05) is 6.08 Å². The van der Waals surface area contributed by atoms with Gasteiger partial charge in [0.15, 0.2) is 0 Å². The van der Waals surface area contributed by atoms with E-state index in [9.17, 15) is 10.2 Å². The van der Waals surface area contributed by atoms with Gasteiger partial charge in [-0.25, -0.2) is 0 Å². The summed E-state index contributed by atoms with van der Waals surface area (Å²) in [5.41, 5.74) is 3.37. The van der Waals surface area contributed by atoms with Crippen molar-refractivity contribution in [2.75, 3.05) is 6.61 Å². The number of aromatic amines is 1. The van der Waals surface area contributed by atoms with Gasteiger partial charge >= 0.3 is 0 Å². The second-order valence-electron chi connectivity index (χ2n) is 6.70. The summed E-state index contributed by atoms with van der Waals surface area (Å²) < 4.78 is 0. The summed E-state index contributed by atoms with van der Waals surface area (Å²) in [6, 6.07) is 6.32. The number of aliphatic hydroxyl groups is 2. The first-order valence-corrected chi connectivity index (χ1v) is 6.99. The molecule has 1 heterocycles. The second kappa shape index (κ2) is 4.21. The highest BCUT2D eigenvalue weighted by atomic mass is 16.3. The fourth-order valence-corrected chi connectivity index (χ4v) is 3.12. The molecule has 0 saturated carbocycles. The number of aliphatic hydroxyl groups excluding tert-OH is 1. The van der Waals surface area contributed by atoms with Crippen LogP contribution in [0.4, 0.5) is 0 Å². The van der Waals surface area contributed by atoms with Crippen LogP contribution in [0.15, 0.2) is 30.5 Å². The van der Waals surface area contributed by atoms with E-state index in [4.69, 9.17) is 0 Å². The molecule has 1 aromatic heterocycles. The van der Waals surface area contributed by atoms with E-state index in [0.29, 0.717) is 6.42 Å². The minimum Gasteiger partial charge on any atom is -0.395 e. The van der Waals surface area contributed by atoms with Crippen molar-refractivity contribution in [2.24, 2.45) is 0 Å². The Morgan fingerprint density at radius 2 is 2.05 bits per heavy atom. The van der Waals surface area contributed by atoms with Crippen LogP contribution in [0.3, 0.4) is 0 Å². The smallest absolute Gasteiger partial charge is 0.0632 e. The van der Waals surface area contributed by atoms with Crippen molar-refractivity contribution in [3.63, 3.8) is 0 Å². The Hall–Kier alpha value is -1.58. The number of rotatable bonds is 3. The van der Waals surface area contributed by atoms with Crippen molar-refractivity contribution in [3.8, 4) is 0 Å². The zero-order chi connectivity index (χ0) is 14.5. The van der Waals surface area contributed by atoms with E-state index in [1.54, 1.807) is 0 Å². The monoisotopic (exact) mass is 271 g/mol. The molecule has 2 aromatic rings. The number of aromatic nitrogens is 1. The number of H-pyrrole nitrogens is 1. The predicted molar refractivity (Wildman–Crippen MR) is 81.6 cm³/mol. The number of nitrogens with one attached hydrogen (secondary N) is 1. The molecule has 3 nitrogen and oxygen atoms in total. The average molecular weight is 271 g/mol. The number of hydrogen-bond acceptors (Lipinski definition) is 2. The average Bonchev–Trinajstić information content (AvgIpc) is 2.90. The summed E-state index contributed by atoms with van der Waals surface area (Å²) in [5.74, 6) is 0. The Morgan fingerprint density at radius 3 is 2.70 bits per heavy atom. The molecule has 1 aliphatic carbocycles. The van der Waals surface area contributed by atoms with Gasteiger partial charge in [0.1, 0.15) is 0 Å². The minimum absolute atomic E-state index is 0.0747. The zero-order valence-corrected chi connectivity index (χ0v) is 12.2. The maximum atomic E-state index is 10.1. The van der Waals surface area contributed by atoms with Crippen LogP contribution in [0.2, 0.25) is 0 Å². The molecule has 106 valence electrons. The first kappa shape index (κ1) is 13.4. The molecule has 3 N–H and O–H groups in total. The fraction of sp³-hybridized carbons (Fsp3) is 0.412. The molecule has 0 spiro atoms. The molecule has 0 saturated heterocycles. The van der Waals surface area contributed by atoms with Crippen molar-refractivity contribution >= 4 is 16.5 Å². The Morgan fingerprint density at radius 1 is 1.30 bits per heavy atom. The molecule has 0 bridgehead atoms. The van der Waals surface area contributed by atoms with E-state index in [-0.39, 0.29) is 12.0 Å². The van der Waals surface area contributed by atoms with Gasteiger partial charge in [0.2, 0.25) is 0 Å². The lowest BCUT2D eigenvalue weighted by atomic mass is 9.85. The van der Waals surface area contributed by atoms with E-state index in [0.717, 1.165) is 27.6 Å². The molecule has 0 aliphatic heterocycles. The first-order valence-electron chi connectivity index (χ1n) is 6.99. The Bertz CT molecular complexity index is 691. The molecular weight excluding hydrogens is 250 g/mol. The molecule has 1 aromatic carbocycles. The molecule has 0 amide bonds. The Kier molecular flexibility index (Phi) is 2.82. The van der Waals surface area contributed by atoms with E-state index in [1.165, 1.54) is 0 Å². The normalized spacial score (nSPS) is 22.1. The maximum Gasteiger partial charge on any atom is 0.0632 e. The van der Waals surface area contributed by atoms with Gasteiger partial charge in [-0.05, 0) is 61.1 Å². The summed E-state index contributed by atoms with van der Waals surface area (Å²) >= 11 is 0. The SMILES string of the molecule is CC(C)(O)CC1=CC(C)(CO)c2cc3cc[nH]c3cc21. The van der Waals surface area contributed by atoms with Crippen LogP contribution in [0.1, 0.15) is 38.3 Å². The van der Waals surface area contributed by atoms with Crippen LogP contribution in [0, 0.1) is 0 Å². The highest BCUT2D eigenvalue weighted by Crippen LogP contribution is 2.44. The molecule has 20 heavy (non-hydrogen) atoms. The molecule has 3 heteroatoms. The van der Waals surface area contributed by atoms with Gasteiger partial charge < -0.3 is 15.2 Å². The molecule has 1 atom stereocenters. The summed E-state index contributed by atoms with van der Waals surface area (Å²) in [5, 5.41) is 21.1. The van der Waals surface area contributed by atoms with E-state index < -0.39 is 5.60 Å². The third-order valence-corrected chi connectivity index (χ3v) is 4.10. The summed E-state index contributed by atoms with van der Waals surface area (Å²) in [7, 11) is 0. The van der Waals surface area contributed by atoms with Crippen LogP contribution in [0.25, 0.3) is 16.5 Å². The topological polar surface area (TPSA) is 56.2 Å². The van der Waals surface area contributed by atoms with Crippen LogP contribution in [-0.2, 0) is 5.41 Å².